The van der Waals surface area contributed by atoms with Crippen molar-refractivity contribution in [2.75, 3.05) is 20.1 Å². The first-order valence-electron chi connectivity index (χ1n) is 6.19. The molecule has 2 nitrogen and oxygen atoms in total. The summed E-state index contributed by atoms with van der Waals surface area (Å²) in [6.45, 7) is 4.84. The summed E-state index contributed by atoms with van der Waals surface area (Å²) in [6, 6.07) is 1.53. The zero-order chi connectivity index (χ0) is 9.97. The Bertz CT molecular complexity index is 165. The zero-order valence-corrected chi connectivity index (χ0v) is 9.63. The van der Waals surface area contributed by atoms with Crippen molar-refractivity contribution in [3.63, 3.8) is 0 Å². The Balaban J connectivity index is 1.66. The second kappa shape index (κ2) is 4.63. The van der Waals surface area contributed by atoms with Gasteiger partial charge in [-0.25, -0.2) is 0 Å². The van der Waals surface area contributed by atoms with E-state index in [2.05, 4.69) is 24.2 Å². The van der Waals surface area contributed by atoms with Gasteiger partial charge in [0, 0.05) is 18.6 Å². The SMILES string of the molecule is CC1CC(NCC2CCCC2)CN1C. The zero-order valence-electron chi connectivity index (χ0n) is 9.63. The molecule has 0 aromatic heterocycles. The molecule has 2 rings (SSSR count). The van der Waals surface area contributed by atoms with Crippen LogP contribution in [0.25, 0.3) is 0 Å². The quantitative estimate of drug-likeness (QED) is 0.741. The third-order valence-corrected chi connectivity index (χ3v) is 4.06. The first-order chi connectivity index (χ1) is 6.75. The average Bonchev–Trinajstić information content (AvgIpc) is 2.74. The molecular weight excluding hydrogens is 172 g/mol. The summed E-state index contributed by atoms with van der Waals surface area (Å²) >= 11 is 0. The van der Waals surface area contributed by atoms with Gasteiger partial charge in [-0.2, -0.15) is 0 Å². The first kappa shape index (κ1) is 10.4. The van der Waals surface area contributed by atoms with Crippen LogP contribution in [0.5, 0.6) is 0 Å². The summed E-state index contributed by atoms with van der Waals surface area (Å²) in [5, 5.41) is 3.74. The standard InChI is InChI=1S/C12H24N2/c1-10-7-12(9-14(10)2)13-8-11-5-3-4-6-11/h10-13H,3-9H2,1-2H3. The smallest absolute Gasteiger partial charge is 0.0209 e. The van der Waals surface area contributed by atoms with Crippen LogP contribution >= 0.6 is 0 Å². The summed E-state index contributed by atoms with van der Waals surface area (Å²) < 4.78 is 0. The lowest BCUT2D eigenvalue weighted by molar-refractivity contribution is 0.325. The Kier molecular flexibility index (Phi) is 3.45. The molecule has 0 amide bonds. The first-order valence-corrected chi connectivity index (χ1v) is 6.19. The van der Waals surface area contributed by atoms with Gasteiger partial charge in [0.25, 0.3) is 0 Å². The number of rotatable bonds is 3. The Morgan fingerprint density at radius 3 is 2.57 bits per heavy atom. The number of nitrogens with zero attached hydrogens (tertiary/aromatic N) is 1. The third-order valence-electron chi connectivity index (χ3n) is 4.06. The van der Waals surface area contributed by atoms with Crippen LogP contribution in [-0.2, 0) is 0 Å². The van der Waals surface area contributed by atoms with E-state index in [0.29, 0.717) is 0 Å². The van der Waals surface area contributed by atoms with Gasteiger partial charge in [-0.05, 0) is 45.7 Å². The molecule has 0 aromatic rings. The molecule has 14 heavy (non-hydrogen) atoms. The molecule has 1 N–H and O–H groups in total. The maximum atomic E-state index is 3.74. The van der Waals surface area contributed by atoms with Gasteiger partial charge >= 0.3 is 0 Å². The van der Waals surface area contributed by atoms with E-state index < -0.39 is 0 Å². The number of hydrogen-bond donors (Lipinski definition) is 1. The van der Waals surface area contributed by atoms with Crippen molar-refractivity contribution in [2.24, 2.45) is 5.92 Å². The number of likely N-dealkylation sites (N-methyl/N-ethyl adjacent to an activating group) is 1. The van der Waals surface area contributed by atoms with E-state index in [4.69, 9.17) is 0 Å². The van der Waals surface area contributed by atoms with E-state index in [1.807, 2.05) is 0 Å². The Morgan fingerprint density at radius 2 is 2.00 bits per heavy atom. The molecule has 1 saturated heterocycles. The van der Waals surface area contributed by atoms with Gasteiger partial charge in [0.15, 0.2) is 0 Å². The highest BCUT2D eigenvalue weighted by Gasteiger charge is 2.26. The van der Waals surface area contributed by atoms with Crippen molar-refractivity contribution in [1.82, 2.24) is 10.2 Å². The fourth-order valence-electron chi connectivity index (χ4n) is 2.89. The maximum absolute atomic E-state index is 3.74. The monoisotopic (exact) mass is 196 g/mol. The highest BCUT2D eigenvalue weighted by atomic mass is 15.2. The summed E-state index contributed by atoms with van der Waals surface area (Å²) in [6.07, 6.45) is 7.19. The van der Waals surface area contributed by atoms with E-state index >= 15 is 0 Å². The Morgan fingerprint density at radius 1 is 1.29 bits per heavy atom. The van der Waals surface area contributed by atoms with Crippen LogP contribution in [-0.4, -0.2) is 37.1 Å². The normalized spacial score (nSPS) is 35.6. The molecule has 0 radical (unpaired) electrons. The fourth-order valence-corrected chi connectivity index (χ4v) is 2.89. The van der Waals surface area contributed by atoms with Gasteiger partial charge in [-0.1, -0.05) is 12.8 Å². The predicted octanol–water partition coefficient (Wildman–Crippen LogP) is 1.86. The molecule has 1 aliphatic carbocycles. The lowest BCUT2D eigenvalue weighted by atomic mass is 10.1. The minimum Gasteiger partial charge on any atom is -0.312 e. The molecule has 2 atom stereocenters. The van der Waals surface area contributed by atoms with Crippen LogP contribution in [0.2, 0.25) is 0 Å². The van der Waals surface area contributed by atoms with E-state index in [9.17, 15) is 0 Å². The van der Waals surface area contributed by atoms with E-state index in [1.54, 1.807) is 0 Å². The van der Waals surface area contributed by atoms with Crippen molar-refractivity contribution in [2.45, 2.75) is 51.1 Å². The van der Waals surface area contributed by atoms with Gasteiger partial charge in [-0.15, -0.1) is 0 Å². The number of likely N-dealkylation sites (tertiary alicyclic amines) is 1. The van der Waals surface area contributed by atoms with Gasteiger partial charge in [0.05, 0.1) is 0 Å². The lowest BCUT2D eigenvalue weighted by Gasteiger charge is -2.16. The third kappa shape index (κ3) is 2.48. The second-order valence-electron chi connectivity index (χ2n) is 5.28. The number of nitrogens with one attached hydrogen (secondary N) is 1. The summed E-state index contributed by atoms with van der Waals surface area (Å²) in [5.74, 6) is 0.983. The van der Waals surface area contributed by atoms with Crippen molar-refractivity contribution in [3.05, 3.63) is 0 Å². The highest BCUT2D eigenvalue weighted by Crippen LogP contribution is 2.24. The van der Waals surface area contributed by atoms with E-state index in [0.717, 1.165) is 18.0 Å². The molecule has 0 aromatic carbocycles. The van der Waals surface area contributed by atoms with Gasteiger partial charge < -0.3 is 10.2 Å². The molecular formula is C12H24N2. The van der Waals surface area contributed by atoms with Crippen molar-refractivity contribution in [1.29, 1.82) is 0 Å². The molecule has 82 valence electrons. The Labute approximate surface area is 88.1 Å². The average molecular weight is 196 g/mol. The minimum atomic E-state index is 0.760. The van der Waals surface area contributed by atoms with Gasteiger partial charge in [0.1, 0.15) is 0 Å². The molecule has 0 bridgehead atoms. The topological polar surface area (TPSA) is 15.3 Å². The summed E-state index contributed by atoms with van der Waals surface area (Å²) in [7, 11) is 2.24. The van der Waals surface area contributed by atoms with Gasteiger partial charge in [0.2, 0.25) is 0 Å². The number of hydrogen-bond acceptors (Lipinski definition) is 2. The second-order valence-corrected chi connectivity index (χ2v) is 5.28. The van der Waals surface area contributed by atoms with Crippen LogP contribution in [0.4, 0.5) is 0 Å². The highest BCUT2D eigenvalue weighted by molar-refractivity contribution is 4.85. The minimum absolute atomic E-state index is 0.760. The van der Waals surface area contributed by atoms with Crippen molar-refractivity contribution < 1.29 is 0 Å². The lowest BCUT2D eigenvalue weighted by Crippen LogP contribution is -2.34. The van der Waals surface area contributed by atoms with Crippen LogP contribution in [0, 0.1) is 5.92 Å². The molecule has 2 fully saturated rings. The molecule has 1 aliphatic heterocycles. The molecule has 1 saturated carbocycles. The summed E-state index contributed by atoms with van der Waals surface area (Å²) in [4.78, 5) is 2.46. The maximum Gasteiger partial charge on any atom is 0.0209 e. The molecule has 0 spiro atoms. The predicted molar refractivity (Wildman–Crippen MR) is 60.5 cm³/mol. The molecule has 2 unspecified atom stereocenters. The Hall–Kier alpha value is -0.0800. The molecule has 1 heterocycles. The van der Waals surface area contributed by atoms with Crippen molar-refractivity contribution >= 4 is 0 Å². The van der Waals surface area contributed by atoms with Crippen LogP contribution < -0.4 is 5.32 Å². The summed E-state index contributed by atoms with van der Waals surface area (Å²) in [5.41, 5.74) is 0. The van der Waals surface area contributed by atoms with E-state index in [1.165, 1.54) is 45.2 Å². The molecule has 2 aliphatic rings. The van der Waals surface area contributed by atoms with Crippen molar-refractivity contribution in [3.8, 4) is 0 Å². The van der Waals surface area contributed by atoms with Crippen LogP contribution in [0.3, 0.4) is 0 Å². The largest absolute Gasteiger partial charge is 0.312 e. The van der Waals surface area contributed by atoms with Gasteiger partial charge in [-0.3, -0.25) is 0 Å². The van der Waals surface area contributed by atoms with Crippen LogP contribution in [0.15, 0.2) is 0 Å². The fraction of sp³-hybridized carbons (Fsp3) is 1.00. The molecule has 2 heteroatoms. The van der Waals surface area contributed by atoms with E-state index in [-0.39, 0.29) is 0 Å². The van der Waals surface area contributed by atoms with Crippen LogP contribution in [0.1, 0.15) is 39.0 Å².